The molecule has 0 aliphatic rings. The summed E-state index contributed by atoms with van der Waals surface area (Å²) < 4.78 is 45.9. The lowest BCUT2D eigenvalue weighted by molar-refractivity contribution is 0.357. The second kappa shape index (κ2) is 10.9. The number of aromatic nitrogens is 4. The van der Waals surface area contributed by atoms with Gasteiger partial charge in [0, 0.05) is 0 Å². The molecular formula is C11H16F3N7O2. The second-order valence-corrected chi connectivity index (χ2v) is 3.19. The van der Waals surface area contributed by atoms with E-state index in [4.69, 9.17) is 5.84 Å². The fourth-order valence-electron chi connectivity index (χ4n) is 0.980. The third kappa shape index (κ3) is 6.71. The first-order chi connectivity index (χ1) is 11.0. The number of nitrogen functional groups attached to an aromatic ring is 1. The maximum absolute atomic E-state index is 12.6. The van der Waals surface area contributed by atoms with E-state index < -0.39 is 17.6 Å². The number of hydrogen-bond acceptors (Lipinski definition) is 9. The maximum atomic E-state index is 12.6. The number of halogens is 3. The van der Waals surface area contributed by atoms with Crippen LogP contribution in [0.5, 0.6) is 12.0 Å². The predicted molar refractivity (Wildman–Crippen MR) is 75.0 cm³/mol. The van der Waals surface area contributed by atoms with E-state index in [1.807, 2.05) is 0 Å². The Labute approximate surface area is 129 Å². The molecule has 0 saturated carbocycles. The summed E-state index contributed by atoms with van der Waals surface area (Å²) in [5.41, 5.74) is 6.56. The van der Waals surface area contributed by atoms with Gasteiger partial charge < -0.3 is 20.6 Å². The molecule has 0 aromatic carbocycles. The summed E-state index contributed by atoms with van der Waals surface area (Å²) in [6.07, 6.45) is 1.68. The molecule has 12 heteroatoms. The Kier molecular flexibility index (Phi) is 9.62. The minimum Gasteiger partial charge on any atom is -0.467 e. The largest absolute Gasteiger partial charge is 0.467 e. The minimum atomic E-state index is -1.20. The van der Waals surface area contributed by atoms with Gasteiger partial charge in [-0.2, -0.15) is 14.4 Å². The van der Waals surface area contributed by atoms with E-state index in [0.29, 0.717) is 6.20 Å². The Hall–Kier alpha value is -2.73. The maximum Gasteiger partial charge on any atom is 0.318 e. The summed E-state index contributed by atoms with van der Waals surface area (Å²) in [5, 5.41) is 0. The molecule has 0 aliphatic heterocycles. The van der Waals surface area contributed by atoms with Gasteiger partial charge in [-0.3, -0.25) is 0 Å². The smallest absolute Gasteiger partial charge is 0.318 e. The molecule has 0 unspecified atom stereocenters. The van der Waals surface area contributed by atoms with Crippen LogP contribution in [0.25, 0.3) is 0 Å². The van der Waals surface area contributed by atoms with Crippen LogP contribution in [0.15, 0.2) is 12.4 Å². The van der Waals surface area contributed by atoms with E-state index >= 15 is 0 Å². The number of hydrazine groups is 1. The SMILES string of the molecule is CN.COc1ncc(F)c(F)n1.COc1ncc(F)c(NN)n1. The van der Waals surface area contributed by atoms with Gasteiger partial charge in [-0.15, -0.1) is 0 Å². The number of nitrogens with zero attached hydrogens (tertiary/aromatic N) is 4. The van der Waals surface area contributed by atoms with E-state index in [1.165, 1.54) is 21.3 Å². The summed E-state index contributed by atoms with van der Waals surface area (Å²) >= 11 is 0. The Balaban J connectivity index is 0.000000381. The Morgan fingerprint density at radius 1 is 0.913 bits per heavy atom. The van der Waals surface area contributed by atoms with Crippen molar-refractivity contribution in [2.45, 2.75) is 0 Å². The molecule has 2 aromatic heterocycles. The zero-order valence-electron chi connectivity index (χ0n) is 12.5. The Morgan fingerprint density at radius 2 is 1.39 bits per heavy atom. The van der Waals surface area contributed by atoms with Crippen LogP contribution >= 0.6 is 0 Å². The Bertz CT molecular complexity index is 604. The van der Waals surface area contributed by atoms with Crippen molar-refractivity contribution >= 4 is 5.82 Å². The highest BCUT2D eigenvalue weighted by molar-refractivity contribution is 5.33. The van der Waals surface area contributed by atoms with Crippen LogP contribution < -0.4 is 26.5 Å². The van der Waals surface area contributed by atoms with E-state index in [2.05, 4.69) is 40.6 Å². The average molecular weight is 335 g/mol. The third-order valence-electron chi connectivity index (χ3n) is 1.90. The summed E-state index contributed by atoms with van der Waals surface area (Å²) in [4.78, 5) is 13.4. The van der Waals surface area contributed by atoms with Gasteiger partial charge >= 0.3 is 12.0 Å². The van der Waals surface area contributed by atoms with Crippen LogP contribution in [0.2, 0.25) is 0 Å². The van der Waals surface area contributed by atoms with E-state index in [9.17, 15) is 13.2 Å². The molecule has 23 heavy (non-hydrogen) atoms. The molecule has 0 aliphatic carbocycles. The fourth-order valence-corrected chi connectivity index (χ4v) is 0.980. The first-order valence-corrected chi connectivity index (χ1v) is 5.84. The Morgan fingerprint density at radius 3 is 1.83 bits per heavy atom. The summed E-state index contributed by atoms with van der Waals surface area (Å²) in [6.45, 7) is 0. The standard InChI is InChI=1S/C5H4F2N2O.C5H7FN4O.CH5N/c1-10-5-8-2-3(6)4(7)9-5;1-11-5-8-2-3(6)4(9-5)10-7;1-2/h2H,1H3;2H,7H2,1H3,(H,8,9,10);2H2,1H3. The highest BCUT2D eigenvalue weighted by atomic mass is 19.2. The van der Waals surface area contributed by atoms with Crippen molar-refractivity contribution < 1.29 is 22.6 Å². The molecule has 0 spiro atoms. The summed E-state index contributed by atoms with van der Waals surface area (Å²) in [6, 6.07) is -0.113. The first kappa shape index (κ1) is 20.3. The van der Waals surface area contributed by atoms with Gasteiger partial charge in [0.2, 0.25) is 0 Å². The van der Waals surface area contributed by atoms with Gasteiger partial charge in [0.1, 0.15) is 0 Å². The highest BCUT2D eigenvalue weighted by Crippen LogP contribution is 2.10. The zero-order valence-corrected chi connectivity index (χ0v) is 12.5. The lowest BCUT2D eigenvalue weighted by atomic mass is 10.6. The quantitative estimate of drug-likeness (QED) is 0.410. The number of rotatable bonds is 3. The van der Waals surface area contributed by atoms with Crippen LogP contribution in [0, 0.1) is 17.6 Å². The number of nitrogens with two attached hydrogens (primary N) is 2. The normalized spacial score (nSPS) is 8.87. The molecule has 128 valence electrons. The van der Waals surface area contributed by atoms with Crippen molar-refractivity contribution in [3.63, 3.8) is 0 Å². The lowest BCUT2D eigenvalue weighted by Crippen LogP contribution is -2.11. The van der Waals surface area contributed by atoms with Gasteiger partial charge in [0.15, 0.2) is 17.5 Å². The number of anilines is 1. The molecule has 2 heterocycles. The van der Waals surface area contributed by atoms with Crippen LogP contribution in [-0.2, 0) is 0 Å². The average Bonchev–Trinajstić information content (AvgIpc) is 2.60. The number of hydrogen-bond donors (Lipinski definition) is 3. The van der Waals surface area contributed by atoms with Crippen molar-refractivity contribution in [1.29, 1.82) is 0 Å². The summed E-state index contributed by atoms with van der Waals surface area (Å²) in [5.74, 6) is 1.95. The molecule has 0 saturated heterocycles. The molecule has 2 rings (SSSR count). The van der Waals surface area contributed by atoms with E-state index in [0.717, 1.165) is 6.20 Å². The third-order valence-corrected chi connectivity index (χ3v) is 1.90. The van der Waals surface area contributed by atoms with Gasteiger partial charge in [-0.05, 0) is 7.05 Å². The van der Waals surface area contributed by atoms with E-state index in [1.54, 1.807) is 0 Å². The van der Waals surface area contributed by atoms with Gasteiger partial charge in [0.05, 0.1) is 26.6 Å². The number of ether oxygens (including phenoxy) is 2. The molecule has 2 aromatic rings. The minimum absolute atomic E-state index is 0.0688. The van der Waals surface area contributed by atoms with E-state index in [-0.39, 0.29) is 17.8 Å². The van der Waals surface area contributed by atoms with Crippen molar-refractivity contribution in [1.82, 2.24) is 19.9 Å². The van der Waals surface area contributed by atoms with Crippen LogP contribution in [0.3, 0.4) is 0 Å². The summed E-state index contributed by atoms with van der Waals surface area (Å²) in [7, 11) is 4.15. The molecule has 0 atom stereocenters. The van der Waals surface area contributed by atoms with Gasteiger partial charge in [0.25, 0.3) is 5.95 Å². The molecule has 0 amide bonds. The van der Waals surface area contributed by atoms with Crippen molar-refractivity contribution in [2.24, 2.45) is 11.6 Å². The zero-order chi connectivity index (χ0) is 17.8. The first-order valence-electron chi connectivity index (χ1n) is 5.84. The van der Waals surface area contributed by atoms with Gasteiger partial charge in [-0.1, -0.05) is 0 Å². The molecule has 0 radical (unpaired) electrons. The topological polar surface area (TPSA) is 134 Å². The van der Waals surface area contributed by atoms with Crippen molar-refractivity contribution in [3.05, 3.63) is 30.0 Å². The van der Waals surface area contributed by atoms with Crippen molar-refractivity contribution in [3.8, 4) is 12.0 Å². The van der Waals surface area contributed by atoms with Crippen LogP contribution in [-0.4, -0.2) is 41.2 Å². The van der Waals surface area contributed by atoms with Crippen LogP contribution in [0.1, 0.15) is 0 Å². The molecule has 0 bridgehead atoms. The van der Waals surface area contributed by atoms with Gasteiger partial charge in [-0.25, -0.2) is 24.6 Å². The monoisotopic (exact) mass is 335 g/mol. The molecular weight excluding hydrogens is 319 g/mol. The highest BCUT2D eigenvalue weighted by Gasteiger charge is 2.04. The fraction of sp³-hybridized carbons (Fsp3) is 0.273. The second-order valence-electron chi connectivity index (χ2n) is 3.19. The van der Waals surface area contributed by atoms with Crippen LogP contribution in [0.4, 0.5) is 19.0 Å². The lowest BCUT2D eigenvalue weighted by Gasteiger charge is -2.01. The molecule has 9 nitrogen and oxygen atoms in total. The predicted octanol–water partition coefficient (Wildman–Crippen LogP) is 0.248. The molecule has 5 N–H and O–H groups in total. The number of methoxy groups -OCH3 is 2. The molecule has 0 fully saturated rings. The van der Waals surface area contributed by atoms with Crippen molar-refractivity contribution in [2.75, 3.05) is 26.7 Å². The number of nitrogens with one attached hydrogen (secondary N) is 1.